The first-order chi connectivity index (χ1) is 11.6. The van der Waals surface area contributed by atoms with Crippen LogP contribution in [0.25, 0.3) is 0 Å². The van der Waals surface area contributed by atoms with Crippen LogP contribution in [0.2, 0.25) is 0 Å². The summed E-state index contributed by atoms with van der Waals surface area (Å²) < 4.78 is 5.54. The number of nitrogens with one attached hydrogen (secondary N) is 1. The quantitative estimate of drug-likeness (QED) is 0.594. The number of rotatable bonds is 7. The smallest absolute Gasteiger partial charge is 0.194 e. The summed E-state index contributed by atoms with van der Waals surface area (Å²) in [6.45, 7) is 10.9. The first-order valence-electron chi connectivity index (χ1n) is 8.99. The lowest BCUT2D eigenvalue weighted by molar-refractivity contribution is 0.114. The van der Waals surface area contributed by atoms with E-state index in [9.17, 15) is 5.11 Å². The average molecular weight is 333 g/mol. The summed E-state index contributed by atoms with van der Waals surface area (Å²) in [6.07, 6.45) is 0.561. The van der Waals surface area contributed by atoms with Crippen LogP contribution in [0.15, 0.2) is 29.3 Å². The lowest BCUT2D eigenvalue weighted by Gasteiger charge is -2.22. The number of hydrogen-bond acceptors (Lipinski definition) is 3. The maximum Gasteiger partial charge on any atom is 0.194 e. The number of ether oxygens (including phenoxy) is 1. The minimum absolute atomic E-state index is 0.373. The molecule has 24 heavy (non-hydrogen) atoms. The summed E-state index contributed by atoms with van der Waals surface area (Å²) in [5, 5.41) is 13.7. The predicted molar refractivity (Wildman–Crippen MR) is 98.3 cm³/mol. The van der Waals surface area contributed by atoms with Crippen molar-refractivity contribution in [2.24, 2.45) is 10.9 Å². The standard InChI is InChI=1S/C19H31N3O2/c1-4-20-19(22-11-10-16(13-22)14-24-5-2)21-12-18(23)17-8-6-15(3)7-9-17/h6-9,16,18,23H,4-5,10-14H2,1-3H3,(H,20,21). The molecule has 1 aromatic carbocycles. The van der Waals surface area contributed by atoms with E-state index in [-0.39, 0.29) is 0 Å². The Kier molecular flexibility index (Phi) is 7.53. The van der Waals surface area contributed by atoms with Crippen LogP contribution in [0.5, 0.6) is 0 Å². The van der Waals surface area contributed by atoms with E-state index in [0.29, 0.717) is 12.5 Å². The van der Waals surface area contributed by atoms with Crippen molar-refractivity contribution >= 4 is 5.96 Å². The van der Waals surface area contributed by atoms with E-state index in [1.165, 1.54) is 5.56 Å². The molecule has 0 saturated carbocycles. The van der Waals surface area contributed by atoms with Crippen molar-refractivity contribution in [1.29, 1.82) is 0 Å². The SMILES string of the molecule is CCNC(=NCC(O)c1ccc(C)cc1)N1CCC(COCC)C1. The van der Waals surface area contributed by atoms with Gasteiger partial charge < -0.3 is 20.1 Å². The van der Waals surface area contributed by atoms with E-state index >= 15 is 0 Å². The Morgan fingerprint density at radius 3 is 2.79 bits per heavy atom. The first kappa shape index (κ1) is 18.7. The van der Waals surface area contributed by atoms with Crippen molar-refractivity contribution in [2.45, 2.75) is 33.3 Å². The van der Waals surface area contributed by atoms with Gasteiger partial charge in [0.25, 0.3) is 0 Å². The van der Waals surface area contributed by atoms with E-state index in [1.807, 2.05) is 38.1 Å². The Balaban J connectivity index is 1.94. The second-order valence-corrected chi connectivity index (χ2v) is 6.38. The van der Waals surface area contributed by atoms with Gasteiger partial charge in [0.15, 0.2) is 5.96 Å². The van der Waals surface area contributed by atoms with Crippen LogP contribution in [0.1, 0.15) is 37.5 Å². The Morgan fingerprint density at radius 2 is 2.12 bits per heavy atom. The van der Waals surface area contributed by atoms with Gasteiger partial charge in [-0.3, -0.25) is 4.99 Å². The van der Waals surface area contributed by atoms with Crippen molar-refractivity contribution in [3.8, 4) is 0 Å². The van der Waals surface area contributed by atoms with E-state index in [1.54, 1.807) is 0 Å². The second-order valence-electron chi connectivity index (χ2n) is 6.38. The number of likely N-dealkylation sites (tertiary alicyclic amines) is 1. The van der Waals surface area contributed by atoms with Crippen LogP contribution >= 0.6 is 0 Å². The largest absolute Gasteiger partial charge is 0.386 e. The summed E-state index contributed by atoms with van der Waals surface area (Å²) in [5.74, 6) is 1.46. The van der Waals surface area contributed by atoms with Crippen LogP contribution in [0.3, 0.4) is 0 Å². The first-order valence-corrected chi connectivity index (χ1v) is 8.99. The Morgan fingerprint density at radius 1 is 1.38 bits per heavy atom. The summed E-state index contributed by atoms with van der Waals surface area (Å²) in [5.41, 5.74) is 2.11. The number of guanidine groups is 1. The van der Waals surface area contributed by atoms with Gasteiger partial charge >= 0.3 is 0 Å². The Bertz CT molecular complexity index is 516. The van der Waals surface area contributed by atoms with Gasteiger partial charge in [-0.15, -0.1) is 0 Å². The molecule has 2 N–H and O–H groups in total. The molecule has 134 valence electrons. The number of nitrogens with zero attached hydrogens (tertiary/aromatic N) is 2. The molecule has 2 atom stereocenters. The fourth-order valence-electron chi connectivity index (χ4n) is 2.94. The maximum atomic E-state index is 10.4. The molecule has 0 amide bonds. The highest BCUT2D eigenvalue weighted by Crippen LogP contribution is 2.18. The van der Waals surface area contributed by atoms with Crippen molar-refractivity contribution in [3.05, 3.63) is 35.4 Å². The van der Waals surface area contributed by atoms with Gasteiger partial charge in [0.1, 0.15) is 0 Å². The molecule has 2 rings (SSSR count). The minimum Gasteiger partial charge on any atom is -0.386 e. The number of aliphatic imine (C=N–C) groups is 1. The third-order valence-electron chi connectivity index (χ3n) is 4.35. The van der Waals surface area contributed by atoms with Gasteiger partial charge in [-0.05, 0) is 32.8 Å². The van der Waals surface area contributed by atoms with Crippen molar-refractivity contribution < 1.29 is 9.84 Å². The van der Waals surface area contributed by atoms with Gasteiger partial charge in [-0.25, -0.2) is 0 Å². The lowest BCUT2D eigenvalue weighted by atomic mass is 10.1. The molecule has 0 radical (unpaired) electrons. The highest BCUT2D eigenvalue weighted by atomic mass is 16.5. The van der Waals surface area contributed by atoms with Crippen LogP contribution in [0, 0.1) is 12.8 Å². The average Bonchev–Trinajstić information content (AvgIpc) is 3.06. The number of aliphatic hydroxyl groups is 1. The van der Waals surface area contributed by atoms with E-state index in [0.717, 1.165) is 50.8 Å². The molecule has 1 aromatic rings. The summed E-state index contributed by atoms with van der Waals surface area (Å²) >= 11 is 0. The van der Waals surface area contributed by atoms with Crippen molar-refractivity contribution in [1.82, 2.24) is 10.2 Å². The molecule has 1 aliphatic heterocycles. The molecule has 1 aliphatic rings. The highest BCUT2D eigenvalue weighted by Gasteiger charge is 2.25. The maximum absolute atomic E-state index is 10.4. The summed E-state index contributed by atoms with van der Waals surface area (Å²) in [7, 11) is 0. The molecule has 1 heterocycles. The van der Waals surface area contributed by atoms with Crippen LogP contribution in [-0.2, 0) is 4.74 Å². The molecule has 5 heteroatoms. The van der Waals surface area contributed by atoms with Crippen molar-refractivity contribution in [2.75, 3.05) is 39.4 Å². The van der Waals surface area contributed by atoms with Gasteiger partial charge in [0.05, 0.1) is 19.3 Å². The molecule has 0 aliphatic carbocycles. The zero-order valence-electron chi connectivity index (χ0n) is 15.2. The number of benzene rings is 1. The van der Waals surface area contributed by atoms with Crippen LogP contribution in [0.4, 0.5) is 0 Å². The number of aliphatic hydroxyl groups excluding tert-OH is 1. The fraction of sp³-hybridized carbons (Fsp3) is 0.632. The normalized spacial score (nSPS) is 19.6. The van der Waals surface area contributed by atoms with E-state index < -0.39 is 6.10 Å². The number of hydrogen-bond donors (Lipinski definition) is 2. The molecule has 1 saturated heterocycles. The van der Waals surface area contributed by atoms with Gasteiger partial charge in [0.2, 0.25) is 0 Å². The molecule has 0 spiro atoms. The molecular weight excluding hydrogens is 302 g/mol. The van der Waals surface area contributed by atoms with Gasteiger partial charge in [0, 0.05) is 32.2 Å². The summed E-state index contributed by atoms with van der Waals surface area (Å²) in [4.78, 5) is 6.92. The third kappa shape index (κ3) is 5.49. The Labute approximate surface area is 145 Å². The van der Waals surface area contributed by atoms with Gasteiger partial charge in [-0.2, -0.15) is 0 Å². The predicted octanol–water partition coefficient (Wildman–Crippen LogP) is 2.35. The van der Waals surface area contributed by atoms with Crippen LogP contribution < -0.4 is 5.32 Å². The fourth-order valence-corrected chi connectivity index (χ4v) is 2.94. The highest BCUT2D eigenvalue weighted by molar-refractivity contribution is 5.80. The molecule has 5 nitrogen and oxygen atoms in total. The monoisotopic (exact) mass is 333 g/mol. The van der Waals surface area contributed by atoms with Crippen LogP contribution in [-0.4, -0.2) is 55.4 Å². The third-order valence-corrected chi connectivity index (χ3v) is 4.35. The molecule has 0 aromatic heterocycles. The molecular formula is C19H31N3O2. The lowest BCUT2D eigenvalue weighted by Crippen LogP contribution is -2.40. The number of aryl methyl sites for hydroxylation is 1. The Hall–Kier alpha value is -1.59. The zero-order valence-corrected chi connectivity index (χ0v) is 15.2. The van der Waals surface area contributed by atoms with Crippen molar-refractivity contribution in [3.63, 3.8) is 0 Å². The molecule has 0 bridgehead atoms. The zero-order chi connectivity index (χ0) is 17.4. The summed E-state index contributed by atoms with van der Waals surface area (Å²) in [6, 6.07) is 7.98. The second kappa shape index (κ2) is 9.64. The topological polar surface area (TPSA) is 57.1 Å². The molecule has 2 unspecified atom stereocenters. The molecule has 1 fully saturated rings. The minimum atomic E-state index is -0.568. The van der Waals surface area contributed by atoms with E-state index in [2.05, 4.69) is 22.1 Å². The van der Waals surface area contributed by atoms with Gasteiger partial charge in [-0.1, -0.05) is 29.8 Å². The van der Waals surface area contributed by atoms with E-state index in [4.69, 9.17) is 4.74 Å².